The molecule has 0 spiro atoms. The van der Waals surface area contributed by atoms with Crippen molar-refractivity contribution in [1.29, 1.82) is 0 Å². The summed E-state index contributed by atoms with van der Waals surface area (Å²) in [5.41, 5.74) is 0. The van der Waals surface area contributed by atoms with E-state index in [9.17, 15) is 9.00 Å². The lowest BCUT2D eigenvalue weighted by Crippen LogP contribution is -2.16. The molecule has 1 aromatic heterocycles. The molecule has 0 aliphatic carbocycles. The summed E-state index contributed by atoms with van der Waals surface area (Å²) >= 11 is 1.36. The first-order chi connectivity index (χ1) is 9.74. The van der Waals surface area contributed by atoms with Crippen LogP contribution in [0.15, 0.2) is 40.6 Å². The molecule has 4 nitrogen and oxygen atoms in total. The highest BCUT2D eigenvalue weighted by molar-refractivity contribution is 7.85. The van der Waals surface area contributed by atoms with Crippen molar-refractivity contribution in [3.63, 3.8) is 0 Å². The molecular formula is C14H12O4S2. The van der Waals surface area contributed by atoms with Crippen molar-refractivity contribution in [3.8, 4) is 11.5 Å². The van der Waals surface area contributed by atoms with Gasteiger partial charge in [0.2, 0.25) is 0 Å². The molecule has 0 saturated carbocycles. The molecule has 1 unspecified atom stereocenters. The summed E-state index contributed by atoms with van der Waals surface area (Å²) in [4.78, 5) is 13.2. The first-order valence-electron chi connectivity index (χ1n) is 6.09. The van der Waals surface area contributed by atoms with Gasteiger partial charge in [0.15, 0.2) is 17.3 Å². The van der Waals surface area contributed by atoms with Gasteiger partial charge in [0.05, 0.1) is 21.4 Å². The lowest BCUT2D eigenvalue weighted by molar-refractivity contribution is 0.102. The summed E-state index contributed by atoms with van der Waals surface area (Å²) in [5.74, 6) is 1.13. The zero-order chi connectivity index (χ0) is 13.9. The van der Waals surface area contributed by atoms with E-state index in [0.717, 1.165) is 0 Å². The van der Waals surface area contributed by atoms with E-state index < -0.39 is 10.8 Å². The average molecular weight is 308 g/mol. The van der Waals surface area contributed by atoms with Crippen molar-refractivity contribution >= 4 is 27.9 Å². The number of carbonyl (C=O) groups is 1. The highest BCUT2D eigenvalue weighted by atomic mass is 32.2. The first-order valence-corrected chi connectivity index (χ1v) is 8.28. The maximum Gasteiger partial charge on any atom is 0.185 e. The van der Waals surface area contributed by atoms with Crippen LogP contribution in [0, 0.1) is 0 Å². The number of carbonyl (C=O) groups excluding carboxylic acids is 1. The molecule has 1 aliphatic rings. The molecule has 1 aliphatic heterocycles. The van der Waals surface area contributed by atoms with E-state index in [-0.39, 0.29) is 11.5 Å². The normalized spacial score (nSPS) is 14.8. The Labute approximate surface area is 122 Å². The third kappa shape index (κ3) is 2.76. The van der Waals surface area contributed by atoms with Crippen LogP contribution >= 0.6 is 11.3 Å². The molecule has 3 rings (SSSR count). The molecule has 0 N–H and O–H groups in total. The highest BCUT2D eigenvalue weighted by Gasteiger charge is 2.17. The Bertz CT molecular complexity index is 649. The summed E-state index contributed by atoms with van der Waals surface area (Å²) < 4.78 is 23.1. The molecule has 2 heterocycles. The van der Waals surface area contributed by atoms with Crippen LogP contribution in [0.2, 0.25) is 0 Å². The van der Waals surface area contributed by atoms with Crippen molar-refractivity contribution in [1.82, 2.24) is 0 Å². The van der Waals surface area contributed by atoms with Crippen LogP contribution in [0.3, 0.4) is 0 Å². The van der Waals surface area contributed by atoms with Crippen molar-refractivity contribution in [3.05, 3.63) is 40.6 Å². The van der Waals surface area contributed by atoms with Gasteiger partial charge in [0, 0.05) is 11.0 Å². The molecule has 20 heavy (non-hydrogen) atoms. The van der Waals surface area contributed by atoms with Gasteiger partial charge < -0.3 is 9.47 Å². The van der Waals surface area contributed by atoms with Crippen molar-refractivity contribution in [2.45, 2.75) is 4.90 Å². The van der Waals surface area contributed by atoms with Crippen molar-refractivity contribution < 1.29 is 18.5 Å². The summed E-state index contributed by atoms with van der Waals surface area (Å²) in [6.07, 6.45) is 0. The number of hydrogen-bond donors (Lipinski definition) is 0. The third-order valence-corrected chi connectivity index (χ3v) is 5.05. The fourth-order valence-electron chi connectivity index (χ4n) is 1.88. The van der Waals surface area contributed by atoms with Gasteiger partial charge in [-0.2, -0.15) is 0 Å². The van der Waals surface area contributed by atoms with Gasteiger partial charge in [-0.25, -0.2) is 0 Å². The molecule has 0 bridgehead atoms. The molecule has 0 amide bonds. The second-order valence-corrected chi connectivity index (χ2v) is 6.59. The Hall–Kier alpha value is -1.66. The van der Waals surface area contributed by atoms with Crippen molar-refractivity contribution in [2.75, 3.05) is 19.0 Å². The minimum absolute atomic E-state index is 0.0137. The monoisotopic (exact) mass is 308 g/mol. The molecule has 6 heteroatoms. The number of Topliss-reactive ketones (excluding diaryl/α,β-unsaturated/α-hetero) is 1. The quantitative estimate of drug-likeness (QED) is 0.814. The second kappa shape index (κ2) is 5.76. The Morgan fingerprint density at radius 1 is 1.20 bits per heavy atom. The number of ketones is 1. The van der Waals surface area contributed by atoms with Crippen LogP contribution in [-0.4, -0.2) is 29.0 Å². The topological polar surface area (TPSA) is 52.6 Å². The zero-order valence-electron chi connectivity index (χ0n) is 10.5. The molecular weight excluding hydrogens is 296 g/mol. The molecule has 1 atom stereocenters. The van der Waals surface area contributed by atoms with Crippen LogP contribution in [-0.2, 0) is 10.8 Å². The van der Waals surface area contributed by atoms with Crippen LogP contribution in [0.4, 0.5) is 0 Å². The van der Waals surface area contributed by atoms with Gasteiger partial charge in [-0.05, 0) is 23.6 Å². The number of thiophene rings is 1. The van der Waals surface area contributed by atoms with E-state index >= 15 is 0 Å². The van der Waals surface area contributed by atoms with E-state index in [1.165, 1.54) is 11.3 Å². The predicted octanol–water partition coefficient (Wildman–Crippen LogP) is 2.51. The zero-order valence-corrected chi connectivity index (χ0v) is 12.2. The number of ether oxygens (including phenoxy) is 2. The standard InChI is InChI=1S/C14H12O4S2/c15-11(14-2-1-7-19-14)9-20(16)10-3-4-12-13(8-10)18-6-5-17-12/h1-4,7-8H,5-6,9H2. The van der Waals surface area contributed by atoms with E-state index in [0.29, 0.717) is 34.5 Å². The Morgan fingerprint density at radius 3 is 2.75 bits per heavy atom. The lowest BCUT2D eigenvalue weighted by atomic mass is 10.3. The van der Waals surface area contributed by atoms with Crippen LogP contribution < -0.4 is 9.47 Å². The first kappa shape index (κ1) is 13.3. The van der Waals surface area contributed by atoms with Crippen LogP contribution in [0.5, 0.6) is 11.5 Å². The summed E-state index contributed by atoms with van der Waals surface area (Å²) in [6, 6.07) is 8.69. The van der Waals surface area contributed by atoms with E-state index in [2.05, 4.69) is 0 Å². The minimum Gasteiger partial charge on any atom is -0.486 e. The van der Waals surface area contributed by atoms with Gasteiger partial charge in [0.1, 0.15) is 13.2 Å². The van der Waals surface area contributed by atoms with Crippen molar-refractivity contribution in [2.24, 2.45) is 0 Å². The van der Waals surface area contributed by atoms with Gasteiger partial charge in [0.25, 0.3) is 0 Å². The third-order valence-electron chi connectivity index (χ3n) is 2.83. The molecule has 0 radical (unpaired) electrons. The Morgan fingerprint density at radius 2 is 2.00 bits per heavy atom. The summed E-state index contributed by atoms with van der Waals surface area (Å²) in [5, 5.41) is 1.83. The second-order valence-electron chi connectivity index (χ2n) is 4.20. The number of hydrogen-bond acceptors (Lipinski definition) is 5. The van der Waals surface area contributed by atoms with Gasteiger partial charge in [-0.15, -0.1) is 11.3 Å². The maximum atomic E-state index is 12.2. The van der Waals surface area contributed by atoms with Gasteiger partial charge in [-0.3, -0.25) is 9.00 Å². The van der Waals surface area contributed by atoms with E-state index in [4.69, 9.17) is 9.47 Å². The lowest BCUT2D eigenvalue weighted by Gasteiger charge is -2.18. The number of rotatable bonds is 4. The molecule has 1 aromatic carbocycles. The summed E-state index contributed by atoms with van der Waals surface area (Å²) in [7, 11) is -1.37. The molecule has 0 saturated heterocycles. The maximum absolute atomic E-state index is 12.2. The largest absolute Gasteiger partial charge is 0.486 e. The number of fused-ring (bicyclic) bond motifs is 1. The highest BCUT2D eigenvalue weighted by Crippen LogP contribution is 2.31. The number of benzene rings is 1. The van der Waals surface area contributed by atoms with Crippen LogP contribution in [0.25, 0.3) is 0 Å². The fraction of sp³-hybridized carbons (Fsp3) is 0.214. The molecule has 2 aromatic rings. The smallest absolute Gasteiger partial charge is 0.185 e. The van der Waals surface area contributed by atoms with E-state index in [1.54, 1.807) is 24.3 Å². The Balaban J connectivity index is 1.76. The van der Waals surface area contributed by atoms with Gasteiger partial charge in [-0.1, -0.05) is 6.07 Å². The predicted molar refractivity (Wildman–Crippen MR) is 77.4 cm³/mol. The SMILES string of the molecule is O=C(CS(=O)c1ccc2c(c1)OCCO2)c1cccs1. The molecule has 0 fully saturated rings. The van der Waals surface area contributed by atoms with E-state index in [1.807, 2.05) is 11.4 Å². The minimum atomic E-state index is -1.37. The van der Waals surface area contributed by atoms with Crippen LogP contribution in [0.1, 0.15) is 9.67 Å². The Kier molecular flexibility index (Phi) is 3.84. The fourth-order valence-corrected chi connectivity index (χ4v) is 3.65. The average Bonchev–Trinajstić information content (AvgIpc) is 3.01. The van der Waals surface area contributed by atoms with Gasteiger partial charge >= 0.3 is 0 Å². The summed E-state index contributed by atoms with van der Waals surface area (Å²) in [6.45, 7) is 1.00. The molecule has 104 valence electrons.